The van der Waals surface area contributed by atoms with Gasteiger partial charge in [-0.15, -0.1) is 11.8 Å². The summed E-state index contributed by atoms with van der Waals surface area (Å²) in [5.41, 5.74) is 1.03. The number of thioether (sulfide) groups is 1. The van der Waals surface area contributed by atoms with Crippen LogP contribution in [0.3, 0.4) is 0 Å². The summed E-state index contributed by atoms with van der Waals surface area (Å²) < 4.78 is 0. The molecule has 0 atom stereocenters. The first kappa shape index (κ1) is 13.7. The largest absolute Gasteiger partial charge is 0.354 e. The van der Waals surface area contributed by atoms with E-state index in [-0.39, 0.29) is 0 Å². The van der Waals surface area contributed by atoms with E-state index in [1.807, 2.05) is 18.2 Å². The summed E-state index contributed by atoms with van der Waals surface area (Å²) in [6.45, 7) is 2.99. The molecule has 5 heteroatoms. The predicted molar refractivity (Wildman–Crippen MR) is 82.3 cm³/mol. The molecule has 100 valence electrons. The molecule has 1 heterocycles. The zero-order valence-electron chi connectivity index (χ0n) is 11.2. The zero-order chi connectivity index (χ0) is 13.5. The molecule has 2 rings (SSSR count). The van der Waals surface area contributed by atoms with Gasteiger partial charge in [-0.05, 0) is 43.0 Å². The number of nitrogens with zero attached hydrogens (tertiary/aromatic N) is 2. The molecule has 1 aromatic heterocycles. The third-order valence-electron chi connectivity index (χ3n) is 2.55. The van der Waals surface area contributed by atoms with E-state index in [1.165, 1.54) is 4.90 Å². The summed E-state index contributed by atoms with van der Waals surface area (Å²) in [4.78, 5) is 9.84. The standard InChI is InChI=1S/C14H18N4S/c1-3-9-15-14-16-10-8-13(18-14)17-11-4-6-12(19-2)7-5-11/h4-8,10H,3,9H2,1-2H3,(H2,15,16,17,18). The maximum Gasteiger partial charge on any atom is 0.224 e. The Morgan fingerprint density at radius 1 is 1.16 bits per heavy atom. The minimum absolute atomic E-state index is 0.660. The Bertz CT molecular complexity index is 513. The van der Waals surface area contributed by atoms with Crippen LogP contribution in [0.2, 0.25) is 0 Å². The normalized spacial score (nSPS) is 10.2. The van der Waals surface area contributed by atoms with E-state index in [1.54, 1.807) is 18.0 Å². The first-order valence-electron chi connectivity index (χ1n) is 6.30. The molecule has 19 heavy (non-hydrogen) atoms. The monoisotopic (exact) mass is 274 g/mol. The number of hydrogen-bond acceptors (Lipinski definition) is 5. The van der Waals surface area contributed by atoms with Gasteiger partial charge >= 0.3 is 0 Å². The molecule has 0 aliphatic carbocycles. The van der Waals surface area contributed by atoms with Crippen molar-refractivity contribution in [1.82, 2.24) is 9.97 Å². The van der Waals surface area contributed by atoms with Gasteiger partial charge in [0.15, 0.2) is 0 Å². The van der Waals surface area contributed by atoms with E-state index in [9.17, 15) is 0 Å². The Morgan fingerprint density at radius 3 is 2.63 bits per heavy atom. The van der Waals surface area contributed by atoms with Gasteiger partial charge in [-0.25, -0.2) is 4.98 Å². The fourth-order valence-electron chi connectivity index (χ4n) is 1.57. The molecule has 0 unspecified atom stereocenters. The van der Waals surface area contributed by atoms with Gasteiger partial charge in [-0.3, -0.25) is 0 Å². The highest BCUT2D eigenvalue weighted by molar-refractivity contribution is 7.98. The van der Waals surface area contributed by atoms with Crippen molar-refractivity contribution in [1.29, 1.82) is 0 Å². The zero-order valence-corrected chi connectivity index (χ0v) is 12.0. The second kappa shape index (κ2) is 6.99. The molecule has 0 aliphatic rings. The SMILES string of the molecule is CCCNc1nccc(Nc2ccc(SC)cc2)n1. The van der Waals surface area contributed by atoms with Gasteiger partial charge in [-0.2, -0.15) is 4.98 Å². The molecule has 4 nitrogen and oxygen atoms in total. The van der Waals surface area contributed by atoms with E-state index in [4.69, 9.17) is 0 Å². The summed E-state index contributed by atoms with van der Waals surface area (Å²) in [6, 6.07) is 10.1. The quantitative estimate of drug-likeness (QED) is 0.785. The van der Waals surface area contributed by atoms with Gasteiger partial charge in [0.1, 0.15) is 5.82 Å². The number of aromatic nitrogens is 2. The molecule has 2 N–H and O–H groups in total. The van der Waals surface area contributed by atoms with Crippen molar-refractivity contribution in [2.75, 3.05) is 23.4 Å². The molecular weight excluding hydrogens is 256 g/mol. The number of nitrogens with one attached hydrogen (secondary N) is 2. The van der Waals surface area contributed by atoms with Gasteiger partial charge < -0.3 is 10.6 Å². The minimum atomic E-state index is 0.660. The van der Waals surface area contributed by atoms with Gasteiger partial charge in [0.25, 0.3) is 0 Å². The Balaban J connectivity index is 2.05. The molecule has 0 saturated heterocycles. The molecule has 0 bridgehead atoms. The highest BCUT2D eigenvalue weighted by atomic mass is 32.2. The fraction of sp³-hybridized carbons (Fsp3) is 0.286. The lowest BCUT2D eigenvalue weighted by Crippen LogP contribution is -2.05. The number of hydrogen-bond donors (Lipinski definition) is 2. The lowest BCUT2D eigenvalue weighted by atomic mass is 10.3. The van der Waals surface area contributed by atoms with Crippen molar-refractivity contribution in [2.45, 2.75) is 18.2 Å². The summed E-state index contributed by atoms with van der Waals surface area (Å²) >= 11 is 1.73. The molecule has 2 aromatic rings. The van der Waals surface area contributed by atoms with Crippen LogP contribution in [0.25, 0.3) is 0 Å². The van der Waals surface area contributed by atoms with Crippen LogP contribution < -0.4 is 10.6 Å². The lowest BCUT2D eigenvalue weighted by molar-refractivity contribution is 0.953. The minimum Gasteiger partial charge on any atom is -0.354 e. The molecule has 0 spiro atoms. The van der Waals surface area contributed by atoms with Crippen molar-refractivity contribution in [3.63, 3.8) is 0 Å². The average Bonchev–Trinajstić information content (AvgIpc) is 2.46. The van der Waals surface area contributed by atoms with Crippen molar-refractivity contribution in [3.8, 4) is 0 Å². The summed E-state index contributed by atoms with van der Waals surface area (Å²) in [7, 11) is 0. The molecule has 0 amide bonds. The maximum absolute atomic E-state index is 4.41. The number of anilines is 3. The van der Waals surface area contributed by atoms with Crippen LogP contribution in [0.5, 0.6) is 0 Å². The van der Waals surface area contributed by atoms with Gasteiger partial charge in [0, 0.05) is 23.3 Å². The average molecular weight is 274 g/mol. The summed E-state index contributed by atoms with van der Waals surface area (Å²) in [5, 5.41) is 6.44. The molecule has 0 radical (unpaired) electrons. The fourth-order valence-corrected chi connectivity index (χ4v) is 1.98. The first-order chi connectivity index (χ1) is 9.31. The third-order valence-corrected chi connectivity index (χ3v) is 3.29. The van der Waals surface area contributed by atoms with E-state index < -0.39 is 0 Å². The van der Waals surface area contributed by atoms with Crippen LogP contribution in [0.1, 0.15) is 13.3 Å². The Morgan fingerprint density at radius 2 is 1.95 bits per heavy atom. The van der Waals surface area contributed by atoms with Crippen molar-refractivity contribution >= 4 is 29.2 Å². The Kier molecular flexibility index (Phi) is 5.03. The van der Waals surface area contributed by atoms with Crippen LogP contribution in [0.15, 0.2) is 41.4 Å². The summed E-state index contributed by atoms with van der Waals surface area (Å²) in [6.07, 6.45) is 4.87. The van der Waals surface area contributed by atoms with E-state index in [0.29, 0.717) is 5.95 Å². The van der Waals surface area contributed by atoms with Gasteiger partial charge in [-0.1, -0.05) is 6.92 Å². The molecular formula is C14H18N4S. The van der Waals surface area contributed by atoms with Gasteiger partial charge in [0.2, 0.25) is 5.95 Å². The Hall–Kier alpha value is -1.75. The smallest absolute Gasteiger partial charge is 0.224 e. The second-order valence-electron chi connectivity index (χ2n) is 4.05. The van der Waals surface area contributed by atoms with Crippen LogP contribution in [0, 0.1) is 0 Å². The maximum atomic E-state index is 4.41. The highest BCUT2D eigenvalue weighted by Gasteiger charge is 1.99. The Labute approximate surface area is 118 Å². The van der Waals surface area contributed by atoms with Gasteiger partial charge in [0.05, 0.1) is 0 Å². The van der Waals surface area contributed by atoms with Crippen LogP contribution in [0.4, 0.5) is 17.5 Å². The molecule has 1 aromatic carbocycles. The van der Waals surface area contributed by atoms with E-state index in [2.05, 4.69) is 45.9 Å². The van der Waals surface area contributed by atoms with Crippen molar-refractivity contribution in [2.24, 2.45) is 0 Å². The topological polar surface area (TPSA) is 49.8 Å². The summed E-state index contributed by atoms with van der Waals surface area (Å²) in [5.74, 6) is 1.46. The predicted octanol–water partition coefficient (Wildman–Crippen LogP) is 3.76. The van der Waals surface area contributed by atoms with E-state index in [0.717, 1.165) is 24.5 Å². The number of benzene rings is 1. The van der Waals surface area contributed by atoms with Crippen LogP contribution in [-0.4, -0.2) is 22.8 Å². The van der Waals surface area contributed by atoms with Crippen LogP contribution >= 0.6 is 11.8 Å². The molecule has 0 saturated carbocycles. The lowest BCUT2D eigenvalue weighted by Gasteiger charge is -2.08. The third kappa shape index (κ3) is 4.13. The molecule has 0 fully saturated rings. The van der Waals surface area contributed by atoms with Crippen molar-refractivity contribution in [3.05, 3.63) is 36.5 Å². The number of rotatable bonds is 6. The van der Waals surface area contributed by atoms with Crippen LogP contribution in [-0.2, 0) is 0 Å². The molecule has 0 aliphatic heterocycles. The highest BCUT2D eigenvalue weighted by Crippen LogP contribution is 2.20. The first-order valence-corrected chi connectivity index (χ1v) is 7.52. The van der Waals surface area contributed by atoms with E-state index >= 15 is 0 Å². The van der Waals surface area contributed by atoms with Crippen molar-refractivity contribution < 1.29 is 0 Å². The second-order valence-corrected chi connectivity index (χ2v) is 4.93.